The van der Waals surface area contributed by atoms with E-state index in [2.05, 4.69) is 16.2 Å². The zero-order valence-electron chi connectivity index (χ0n) is 20.8. The van der Waals surface area contributed by atoms with Crippen LogP contribution in [0.2, 0.25) is 0 Å². The molecule has 36 heavy (non-hydrogen) atoms. The summed E-state index contributed by atoms with van der Waals surface area (Å²) in [5.41, 5.74) is 1.22. The maximum absolute atomic E-state index is 13.6. The number of carbonyl (C=O) groups is 2. The number of amides is 1. The van der Waals surface area contributed by atoms with Crippen LogP contribution in [0.15, 0.2) is 52.1 Å². The van der Waals surface area contributed by atoms with Gasteiger partial charge in [0.1, 0.15) is 11.4 Å². The minimum atomic E-state index is -0.750. The molecule has 0 spiro atoms. The lowest BCUT2D eigenvalue weighted by molar-refractivity contribution is -0.121. The third kappa shape index (κ3) is 5.99. The van der Waals surface area contributed by atoms with Gasteiger partial charge < -0.3 is 10.1 Å². The van der Waals surface area contributed by atoms with Gasteiger partial charge in [-0.15, -0.1) is 6.42 Å². The van der Waals surface area contributed by atoms with Gasteiger partial charge in [-0.3, -0.25) is 23.9 Å². The summed E-state index contributed by atoms with van der Waals surface area (Å²) in [7, 11) is 1.58. The summed E-state index contributed by atoms with van der Waals surface area (Å²) >= 11 is 0. The maximum atomic E-state index is 13.6. The molecule has 186 valence electrons. The topological polar surface area (TPSA) is 110 Å². The second kappa shape index (κ2) is 11.4. The van der Waals surface area contributed by atoms with Crippen LogP contribution in [0.5, 0.6) is 5.75 Å². The van der Waals surface area contributed by atoms with Crippen molar-refractivity contribution in [2.24, 2.45) is 0 Å². The van der Waals surface area contributed by atoms with E-state index in [0.29, 0.717) is 17.9 Å². The van der Waals surface area contributed by atoms with Crippen molar-refractivity contribution in [1.29, 1.82) is 0 Å². The van der Waals surface area contributed by atoms with Crippen LogP contribution < -0.4 is 21.3 Å². The number of hydrogen-bond acceptors (Lipinski definition) is 5. The van der Waals surface area contributed by atoms with Gasteiger partial charge in [0.05, 0.1) is 7.11 Å². The Labute approximate surface area is 209 Å². The zero-order chi connectivity index (χ0) is 26.4. The van der Waals surface area contributed by atoms with Gasteiger partial charge in [0.15, 0.2) is 0 Å². The van der Waals surface area contributed by atoms with Crippen LogP contribution in [0.4, 0.5) is 0 Å². The number of methoxy groups -OCH3 is 1. The quantitative estimate of drug-likeness (QED) is 0.356. The fourth-order valence-corrected chi connectivity index (χ4v) is 3.96. The lowest BCUT2D eigenvalue weighted by atomic mass is 9.95. The summed E-state index contributed by atoms with van der Waals surface area (Å²) in [4.78, 5) is 54.0. The van der Waals surface area contributed by atoms with Crippen LogP contribution in [0, 0.1) is 19.3 Å². The van der Waals surface area contributed by atoms with Crippen LogP contribution in [-0.2, 0) is 17.9 Å². The second-order valence-electron chi connectivity index (χ2n) is 8.76. The minimum absolute atomic E-state index is 0.0322. The number of H-pyrrole nitrogens is 1. The molecular formula is C28H29N3O5. The Kier molecular flexibility index (Phi) is 8.28. The van der Waals surface area contributed by atoms with Gasteiger partial charge in [-0.1, -0.05) is 31.9 Å². The smallest absolute Gasteiger partial charge is 0.328 e. The van der Waals surface area contributed by atoms with Gasteiger partial charge in [-0.25, -0.2) is 4.79 Å². The van der Waals surface area contributed by atoms with Crippen LogP contribution in [-0.4, -0.2) is 28.4 Å². The molecule has 1 heterocycles. The molecule has 0 atom stereocenters. The maximum Gasteiger partial charge on any atom is 0.328 e. The molecule has 1 amide bonds. The number of aromatic nitrogens is 2. The number of hydrogen-bond donors (Lipinski definition) is 2. The van der Waals surface area contributed by atoms with Crippen LogP contribution in [0.1, 0.15) is 64.5 Å². The summed E-state index contributed by atoms with van der Waals surface area (Å²) in [6.45, 7) is 5.55. The second-order valence-corrected chi connectivity index (χ2v) is 8.76. The van der Waals surface area contributed by atoms with Crippen molar-refractivity contribution in [2.45, 2.75) is 46.2 Å². The van der Waals surface area contributed by atoms with Gasteiger partial charge in [0.25, 0.3) is 5.56 Å². The van der Waals surface area contributed by atoms with E-state index in [1.165, 1.54) is 4.57 Å². The van der Waals surface area contributed by atoms with E-state index >= 15 is 0 Å². The van der Waals surface area contributed by atoms with Crippen molar-refractivity contribution in [3.63, 3.8) is 0 Å². The Bertz CT molecular complexity index is 1440. The molecule has 0 aliphatic heterocycles. The summed E-state index contributed by atoms with van der Waals surface area (Å²) in [6, 6.07) is 12.2. The third-order valence-electron chi connectivity index (χ3n) is 5.75. The van der Waals surface area contributed by atoms with Crippen LogP contribution in [0.3, 0.4) is 0 Å². The van der Waals surface area contributed by atoms with E-state index in [-0.39, 0.29) is 41.6 Å². The number of nitrogens with one attached hydrogen (secondary N) is 2. The zero-order valence-corrected chi connectivity index (χ0v) is 20.8. The molecule has 8 nitrogen and oxygen atoms in total. The fourth-order valence-electron chi connectivity index (χ4n) is 3.96. The number of terminal acetylenes is 1. The van der Waals surface area contributed by atoms with E-state index in [1.807, 2.05) is 12.1 Å². The normalized spacial score (nSPS) is 10.7. The number of ketones is 1. The van der Waals surface area contributed by atoms with Crippen LogP contribution >= 0.6 is 0 Å². The number of aryl methyl sites for hydroxylation is 1. The van der Waals surface area contributed by atoms with E-state index in [4.69, 9.17) is 11.2 Å². The van der Waals surface area contributed by atoms with E-state index < -0.39 is 17.0 Å². The van der Waals surface area contributed by atoms with Crippen molar-refractivity contribution in [3.05, 3.63) is 96.8 Å². The Morgan fingerprint density at radius 2 is 1.83 bits per heavy atom. The number of carbonyl (C=O) groups excluding carboxylic acids is 2. The predicted octanol–water partition coefficient (Wildman–Crippen LogP) is 2.90. The Hall–Kier alpha value is -4.38. The number of benzene rings is 2. The van der Waals surface area contributed by atoms with Crippen molar-refractivity contribution in [2.75, 3.05) is 7.11 Å². The lowest BCUT2D eigenvalue weighted by Gasteiger charge is -2.17. The number of nitrogens with zero attached hydrogens (tertiary/aromatic N) is 1. The molecule has 0 saturated carbocycles. The van der Waals surface area contributed by atoms with Crippen molar-refractivity contribution >= 4 is 11.7 Å². The molecule has 2 aromatic carbocycles. The fraction of sp³-hybridized carbons (Fsp3) is 0.286. The number of rotatable bonds is 9. The molecule has 0 bridgehead atoms. The number of aromatic amines is 1. The average molecular weight is 488 g/mol. The molecule has 2 N–H and O–H groups in total. The molecule has 0 unspecified atom stereocenters. The molecular weight excluding hydrogens is 458 g/mol. The highest BCUT2D eigenvalue weighted by Gasteiger charge is 2.25. The van der Waals surface area contributed by atoms with E-state index in [0.717, 1.165) is 11.1 Å². The molecule has 0 aliphatic rings. The van der Waals surface area contributed by atoms with Crippen molar-refractivity contribution in [1.82, 2.24) is 14.9 Å². The predicted molar refractivity (Wildman–Crippen MR) is 137 cm³/mol. The molecule has 1 aromatic heterocycles. The highest BCUT2D eigenvalue weighted by molar-refractivity contribution is 6.09. The van der Waals surface area contributed by atoms with Gasteiger partial charge in [-0.05, 0) is 54.3 Å². The Morgan fingerprint density at radius 1 is 1.14 bits per heavy atom. The molecule has 3 aromatic rings. The largest absolute Gasteiger partial charge is 0.497 e. The monoisotopic (exact) mass is 487 g/mol. The molecule has 0 aliphatic carbocycles. The summed E-state index contributed by atoms with van der Waals surface area (Å²) < 4.78 is 6.30. The van der Waals surface area contributed by atoms with E-state index in [9.17, 15) is 19.2 Å². The Balaban J connectivity index is 1.91. The van der Waals surface area contributed by atoms with E-state index in [1.54, 1.807) is 58.2 Å². The Morgan fingerprint density at radius 3 is 2.44 bits per heavy atom. The summed E-state index contributed by atoms with van der Waals surface area (Å²) in [6.07, 6.45) is 5.46. The standard InChI is InChI=1S/C28H29N3O5/c1-6-19-13-18(4)14-21(15-19)26(33)25-24(17(2)3)27(34)30-28(35)31(25)12-11-23(32)29-16-20-7-9-22(36-5)10-8-20/h1,7-10,13-15,17H,11-12,16H2,2-5H3,(H,29,32)(H,30,34,35). The molecule has 8 heteroatoms. The minimum Gasteiger partial charge on any atom is -0.497 e. The average Bonchev–Trinajstić information content (AvgIpc) is 2.85. The summed E-state index contributed by atoms with van der Waals surface area (Å²) in [5.74, 6) is 2.07. The highest BCUT2D eigenvalue weighted by atomic mass is 16.5. The lowest BCUT2D eigenvalue weighted by Crippen LogP contribution is -2.39. The first-order valence-corrected chi connectivity index (χ1v) is 11.5. The molecule has 0 saturated heterocycles. The first-order chi connectivity index (χ1) is 17.1. The highest BCUT2D eigenvalue weighted by Crippen LogP contribution is 2.20. The first-order valence-electron chi connectivity index (χ1n) is 11.5. The van der Waals surface area contributed by atoms with Crippen LogP contribution in [0.25, 0.3) is 0 Å². The van der Waals surface area contributed by atoms with Gasteiger partial charge in [-0.2, -0.15) is 0 Å². The first kappa shape index (κ1) is 26.2. The van der Waals surface area contributed by atoms with Gasteiger partial charge in [0.2, 0.25) is 11.7 Å². The SMILES string of the molecule is C#Cc1cc(C)cc(C(=O)c2c(C(C)C)c(=O)[nH]c(=O)n2CCC(=O)NCc2ccc(OC)cc2)c1. The molecule has 3 rings (SSSR count). The van der Waals surface area contributed by atoms with Gasteiger partial charge in [0, 0.05) is 36.2 Å². The summed E-state index contributed by atoms with van der Waals surface area (Å²) in [5, 5.41) is 2.80. The third-order valence-corrected chi connectivity index (χ3v) is 5.75. The van der Waals surface area contributed by atoms with Gasteiger partial charge >= 0.3 is 5.69 Å². The van der Waals surface area contributed by atoms with Crippen molar-refractivity contribution in [3.8, 4) is 18.1 Å². The molecule has 0 fully saturated rings. The number of ether oxygens (including phenoxy) is 1. The van der Waals surface area contributed by atoms with Crippen molar-refractivity contribution < 1.29 is 14.3 Å². The molecule has 0 radical (unpaired) electrons.